The second-order valence-electron chi connectivity index (χ2n) is 5.21. The molecule has 1 heterocycles. The zero-order chi connectivity index (χ0) is 15.8. The summed E-state index contributed by atoms with van der Waals surface area (Å²) in [5.74, 6) is 0.0343. The summed E-state index contributed by atoms with van der Waals surface area (Å²) in [7, 11) is 0. The fraction of sp³-hybridized carbons (Fsp3) is 0.562. The van der Waals surface area contributed by atoms with E-state index in [2.05, 4.69) is 10.2 Å². The van der Waals surface area contributed by atoms with Crippen molar-refractivity contribution >= 4 is 5.91 Å². The molecule has 1 saturated heterocycles. The quantitative estimate of drug-likeness (QED) is 0.828. The predicted octanol–water partition coefficient (Wildman–Crippen LogP) is 1.43. The maximum Gasteiger partial charge on any atom is 0.261 e. The molecule has 1 atom stereocenters. The molecular weight excluding hydrogens is 287 g/mol. The largest absolute Gasteiger partial charge is 0.481 e. The summed E-state index contributed by atoms with van der Waals surface area (Å²) in [4.78, 5) is 14.4. The average Bonchev–Trinajstić information content (AvgIpc) is 2.55. The van der Waals surface area contributed by atoms with Crippen molar-refractivity contribution in [2.75, 3.05) is 39.4 Å². The molecule has 0 saturated carbocycles. The molecule has 0 aliphatic carbocycles. The van der Waals surface area contributed by atoms with Gasteiger partial charge in [0.2, 0.25) is 0 Å². The van der Waals surface area contributed by atoms with Crippen molar-refractivity contribution in [3.63, 3.8) is 0 Å². The van der Waals surface area contributed by atoms with Gasteiger partial charge in [-0.25, -0.2) is 4.39 Å². The molecule has 1 amide bonds. The van der Waals surface area contributed by atoms with Crippen LogP contribution in [0.1, 0.15) is 13.3 Å². The number of rotatable bonds is 7. The molecule has 1 fully saturated rings. The van der Waals surface area contributed by atoms with Crippen molar-refractivity contribution in [1.82, 2.24) is 10.2 Å². The van der Waals surface area contributed by atoms with Gasteiger partial charge in [0.05, 0.1) is 13.2 Å². The number of morpholine rings is 1. The Morgan fingerprint density at radius 3 is 2.68 bits per heavy atom. The molecule has 0 unspecified atom stereocenters. The lowest BCUT2D eigenvalue weighted by Gasteiger charge is -2.26. The van der Waals surface area contributed by atoms with Crippen LogP contribution in [0.2, 0.25) is 0 Å². The second-order valence-corrected chi connectivity index (χ2v) is 5.21. The lowest BCUT2D eigenvalue weighted by atomic mass is 10.2. The van der Waals surface area contributed by atoms with E-state index in [-0.39, 0.29) is 11.7 Å². The number of hydrogen-bond acceptors (Lipinski definition) is 4. The molecule has 1 aliphatic heterocycles. The van der Waals surface area contributed by atoms with Gasteiger partial charge >= 0.3 is 0 Å². The third kappa shape index (κ3) is 5.27. The van der Waals surface area contributed by atoms with Crippen molar-refractivity contribution in [2.45, 2.75) is 19.4 Å². The Labute approximate surface area is 130 Å². The van der Waals surface area contributed by atoms with Crippen LogP contribution in [0.3, 0.4) is 0 Å². The highest BCUT2D eigenvalue weighted by molar-refractivity contribution is 5.81. The number of amides is 1. The number of nitrogens with zero attached hydrogens (tertiary/aromatic N) is 1. The molecule has 5 nitrogen and oxygen atoms in total. The predicted molar refractivity (Wildman–Crippen MR) is 81.4 cm³/mol. The van der Waals surface area contributed by atoms with Crippen LogP contribution in [0.5, 0.6) is 5.75 Å². The summed E-state index contributed by atoms with van der Waals surface area (Å²) in [6.07, 6.45) is -0.00373. The van der Waals surface area contributed by atoms with E-state index >= 15 is 0 Å². The number of hydrogen-bond donors (Lipinski definition) is 1. The van der Waals surface area contributed by atoms with Crippen LogP contribution in [-0.2, 0) is 9.53 Å². The Bertz CT molecular complexity index is 461. The first-order chi connectivity index (χ1) is 10.7. The van der Waals surface area contributed by atoms with Gasteiger partial charge in [-0.1, -0.05) is 6.92 Å². The number of carbonyl (C=O) groups excluding carboxylic acids is 1. The Morgan fingerprint density at radius 2 is 2.05 bits per heavy atom. The molecule has 1 N–H and O–H groups in total. The summed E-state index contributed by atoms with van der Waals surface area (Å²) < 4.78 is 23.8. The Balaban J connectivity index is 1.74. The van der Waals surface area contributed by atoms with Gasteiger partial charge in [0, 0.05) is 26.2 Å². The average molecular weight is 310 g/mol. The molecule has 0 radical (unpaired) electrons. The number of benzene rings is 1. The lowest BCUT2D eigenvalue weighted by molar-refractivity contribution is -0.128. The van der Waals surface area contributed by atoms with Crippen LogP contribution in [0.4, 0.5) is 4.39 Å². The minimum atomic E-state index is -0.560. The van der Waals surface area contributed by atoms with Gasteiger partial charge in [0.15, 0.2) is 6.10 Å². The third-order valence-electron chi connectivity index (χ3n) is 3.59. The molecule has 22 heavy (non-hydrogen) atoms. The zero-order valence-corrected chi connectivity index (χ0v) is 12.9. The van der Waals surface area contributed by atoms with Gasteiger partial charge in [-0.05, 0) is 30.7 Å². The fourth-order valence-electron chi connectivity index (χ4n) is 2.28. The normalized spacial score (nSPS) is 17.0. The minimum Gasteiger partial charge on any atom is -0.481 e. The number of carbonyl (C=O) groups is 1. The van der Waals surface area contributed by atoms with E-state index in [1.54, 1.807) is 0 Å². The van der Waals surface area contributed by atoms with Crippen molar-refractivity contribution in [2.24, 2.45) is 0 Å². The molecule has 0 spiro atoms. The number of halogens is 1. The van der Waals surface area contributed by atoms with Gasteiger partial charge in [-0.2, -0.15) is 0 Å². The summed E-state index contributed by atoms with van der Waals surface area (Å²) in [5.41, 5.74) is 0. The van der Waals surface area contributed by atoms with Crippen LogP contribution < -0.4 is 10.1 Å². The first-order valence-electron chi connectivity index (χ1n) is 7.69. The molecule has 0 aromatic heterocycles. The Hall–Kier alpha value is -1.66. The summed E-state index contributed by atoms with van der Waals surface area (Å²) in [6.45, 7) is 6.58. The Kier molecular flexibility index (Phi) is 6.61. The summed E-state index contributed by atoms with van der Waals surface area (Å²) >= 11 is 0. The third-order valence-corrected chi connectivity index (χ3v) is 3.59. The van der Waals surface area contributed by atoms with Crippen LogP contribution >= 0.6 is 0 Å². The summed E-state index contributed by atoms with van der Waals surface area (Å²) in [5, 5.41) is 2.89. The van der Waals surface area contributed by atoms with Crippen molar-refractivity contribution in [1.29, 1.82) is 0 Å². The van der Waals surface area contributed by atoms with Crippen LogP contribution in [0, 0.1) is 5.82 Å². The van der Waals surface area contributed by atoms with Crippen molar-refractivity contribution in [3.8, 4) is 5.75 Å². The molecule has 2 rings (SSSR count). The maximum atomic E-state index is 12.9. The zero-order valence-electron chi connectivity index (χ0n) is 12.9. The minimum absolute atomic E-state index is 0.139. The van der Waals surface area contributed by atoms with E-state index in [4.69, 9.17) is 9.47 Å². The highest BCUT2D eigenvalue weighted by Gasteiger charge is 2.18. The van der Waals surface area contributed by atoms with Gasteiger partial charge < -0.3 is 14.8 Å². The van der Waals surface area contributed by atoms with E-state index in [1.807, 2.05) is 6.92 Å². The van der Waals surface area contributed by atoms with E-state index in [0.29, 0.717) is 18.7 Å². The highest BCUT2D eigenvalue weighted by Crippen LogP contribution is 2.14. The molecule has 1 aromatic carbocycles. The smallest absolute Gasteiger partial charge is 0.261 e. The standard InChI is InChI=1S/C16H23FN2O3/c1-2-15(22-14-5-3-13(17)4-6-14)16(20)18-7-8-19-9-11-21-12-10-19/h3-6,15H,2,7-12H2,1H3,(H,18,20)/t15-/m0/s1. The molecule has 0 bridgehead atoms. The van der Waals surface area contributed by atoms with E-state index in [0.717, 1.165) is 32.8 Å². The second kappa shape index (κ2) is 8.70. The molecular formula is C16H23FN2O3. The number of ether oxygens (including phenoxy) is 2. The highest BCUT2D eigenvalue weighted by atomic mass is 19.1. The topological polar surface area (TPSA) is 50.8 Å². The SMILES string of the molecule is CC[C@H](Oc1ccc(F)cc1)C(=O)NCCN1CCOCC1. The van der Waals surface area contributed by atoms with Crippen LogP contribution in [-0.4, -0.2) is 56.3 Å². The Morgan fingerprint density at radius 1 is 1.36 bits per heavy atom. The molecule has 1 aliphatic rings. The maximum absolute atomic E-state index is 12.9. The lowest BCUT2D eigenvalue weighted by Crippen LogP contribution is -2.44. The molecule has 122 valence electrons. The van der Waals surface area contributed by atoms with Gasteiger partial charge in [-0.3, -0.25) is 9.69 Å². The van der Waals surface area contributed by atoms with Crippen LogP contribution in [0.25, 0.3) is 0 Å². The van der Waals surface area contributed by atoms with Crippen molar-refractivity contribution < 1.29 is 18.7 Å². The van der Waals surface area contributed by atoms with Gasteiger partial charge in [0.1, 0.15) is 11.6 Å². The van der Waals surface area contributed by atoms with E-state index in [1.165, 1.54) is 24.3 Å². The van der Waals surface area contributed by atoms with Gasteiger partial charge in [-0.15, -0.1) is 0 Å². The molecule has 6 heteroatoms. The monoisotopic (exact) mass is 310 g/mol. The fourth-order valence-corrected chi connectivity index (χ4v) is 2.28. The summed E-state index contributed by atoms with van der Waals surface area (Å²) in [6, 6.07) is 5.69. The van der Waals surface area contributed by atoms with E-state index < -0.39 is 6.10 Å². The number of nitrogens with one attached hydrogen (secondary N) is 1. The van der Waals surface area contributed by atoms with Crippen LogP contribution in [0.15, 0.2) is 24.3 Å². The first-order valence-corrected chi connectivity index (χ1v) is 7.69. The molecule has 1 aromatic rings. The first kappa shape index (κ1) is 16.7. The van der Waals surface area contributed by atoms with E-state index in [9.17, 15) is 9.18 Å². The van der Waals surface area contributed by atoms with Gasteiger partial charge in [0.25, 0.3) is 5.91 Å². The van der Waals surface area contributed by atoms with Crippen molar-refractivity contribution in [3.05, 3.63) is 30.1 Å².